The largest absolute Gasteiger partial charge is 0.481 e. The van der Waals surface area contributed by atoms with Crippen molar-refractivity contribution in [3.63, 3.8) is 0 Å². The van der Waals surface area contributed by atoms with E-state index in [9.17, 15) is 25.2 Å². The summed E-state index contributed by atoms with van der Waals surface area (Å²) in [6.45, 7) is 16.0. The number of aliphatic carboxylic acids is 1. The first-order valence-corrected chi connectivity index (χ1v) is 16.8. The predicted molar refractivity (Wildman–Crippen MR) is 159 cm³/mol. The van der Waals surface area contributed by atoms with E-state index >= 15 is 0 Å². The van der Waals surface area contributed by atoms with Gasteiger partial charge in [-0.2, -0.15) is 0 Å². The topological polar surface area (TPSA) is 116 Å². The molecule has 0 spiro atoms. The number of ether oxygens (including phenoxy) is 2. The Kier molecular flexibility index (Phi) is 7.39. The second kappa shape index (κ2) is 10.0. The number of aliphatic hydroxyl groups is 3. The van der Waals surface area contributed by atoms with Gasteiger partial charge < -0.3 is 29.9 Å². The fourth-order valence-corrected chi connectivity index (χ4v) is 11.8. The van der Waals surface area contributed by atoms with Gasteiger partial charge in [-0.1, -0.05) is 52.7 Å². The summed E-state index contributed by atoms with van der Waals surface area (Å²) in [4.78, 5) is 12.8. The molecule has 238 valence electrons. The second-order valence-corrected chi connectivity index (χ2v) is 17.2. The summed E-state index contributed by atoms with van der Waals surface area (Å²) in [5.74, 6) is 0.587. The van der Waals surface area contributed by atoms with Crippen LogP contribution >= 0.6 is 0 Å². The van der Waals surface area contributed by atoms with Crippen LogP contribution in [0.2, 0.25) is 0 Å². The van der Waals surface area contributed by atoms with Crippen molar-refractivity contribution >= 4 is 5.97 Å². The van der Waals surface area contributed by atoms with Gasteiger partial charge in [-0.25, -0.2) is 0 Å². The number of rotatable bonds is 3. The van der Waals surface area contributed by atoms with Crippen molar-refractivity contribution < 1.29 is 34.7 Å². The highest BCUT2D eigenvalue weighted by molar-refractivity contribution is 5.76. The van der Waals surface area contributed by atoms with E-state index < -0.39 is 42.1 Å². The third-order valence-electron chi connectivity index (χ3n) is 14.2. The molecule has 7 nitrogen and oxygen atoms in total. The van der Waals surface area contributed by atoms with E-state index in [1.54, 1.807) is 12.5 Å². The lowest BCUT2D eigenvalue weighted by Gasteiger charge is -2.67. The summed E-state index contributed by atoms with van der Waals surface area (Å²) in [5, 5.41) is 41.8. The maximum atomic E-state index is 12.8. The van der Waals surface area contributed by atoms with Crippen LogP contribution in [0, 0.1) is 44.8 Å². The lowest BCUT2D eigenvalue weighted by molar-refractivity contribution is -0.323. The van der Waals surface area contributed by atoms with E-state index in [1.165, 1.54) is 5.57 Å². The van der Waals surface area contributed by atoms with Crippen LogP contribution in [0.4, 0.5) is 0 Å². The van der Waals surface area contributed by atoms with Crippen molar-refractivity contribution in [3.8, 4) is 0 Å². The number of hydrogen-bond acceptors (Lipinski definition) is 6. The number of allylic oxidation sites excluding steroid dienone is 2. The predicted octanol–water partition coefficient (Wildman–Crippen LogP) is 5.84. The molecule has 1 saturated heterocycles. The zero-order valence-corrected chi connectivity index (χ0v) is 27.0. The highest BCUT2D eigenvalue weighted by atomic mass is 16.7. The summed E-state index contributed by atoms with van der Waals surface area (Å²) < 4.78 is 12.3. The number of carboxylic acids is 1. The van der Waals surface area contributed by atoms with E-state index in [2.05, 4.69) is 41.5 Å². The maximum Gasteiger partial charge on any atom is 0.310 e. The van der Waals surface area contributed by atoms with Crippen molar-refractivity contribution in [1.82, 2.24) is 0 Å². The molecule has 0 amide bonds. The number of hydrogen-bond donors (Lipinski definition) is 4. The molecule has 0 aromatic rings. The molecular formula is C35H56O7. The average molecular weight is 589 g/mol. The Morgan fingerprint density at radius 3 is 2.24 bits per heavy atom. The van der Waals surface area contributed by atoms with Crippen LogP contribution in [0.15, 0.2) is 11.1 Å². The molecule has 3 saturated carbocycles. The number of carboxylic acid groups (broad SMARTS) is 1. The molecular weight excluding hydrogens is 532 g/mol. The molecule has 6 rings (SSSR count). The molecule has 42 heavy (non-hydrogen) atoms. The van der Waals surface area contributed by atoms with Crippen molar-refractivity contribution in [1.29, 1.82) is 0 Å². The summed E-state index contributed by atoms with van der Waals surface area (Å²) in [6, 6.07) is 0. The Balaban J connectivity index is 1.27. The fourth-order valence-electron chi connectivity index (χ4n) is 11.8. The number of fused-ring (bicyclic) bond motifs is 6. The van der Waals surface area contributed by atoms with E-state index in [1.807, 2.05) is 0 Å². The molecule has 3 unspecified atom stereocenters. The monoisotopic (exact) mass is 588 g/mol. The van der Waals surface area contributed by atoms with Gasteiger partial charge in [0.25, 0.3) is 0 Å². The minimum Gasteiger partial charge on any atom is -0.481 e. The van der Waals surface area contributed by atoms with Crippen LogP contribution in [-0.2, 0) is 14.3 Å². The third-order valence-corrected chi connectivity index (χ3v) is 14.2. The molecule has 0 bridgehead atoms. The average Bonchev–Trinajstić information content (AvgIpc) is 2.91. The summed E-state index contributed by atoms with van der Waals surface area (Å²) in [5.41, 5.74) is 2.83. The lowest BCUT2D eigenvalue weighted by atomic mass is 9.38. The van der Waals surface area contributed by atoms with E-state index in [0.29, 0.717) is 11.8 Å². The number of aliphatic hydroxyl groups excluding tert-OH is 3. The highest BCUT2D eigenvalue weighted by Crippen LogP contribution is 2.71. The molecule has 1 heterocycles. The second-order valence-electron chi connectivity index (χ2n) is 17.2. The van der Waals surface area contributed by atoms with Crippen molar-refractivity contribution in [3.05, 3.63) is 11.1 Å². The van der Waals surface area contributed by atoms with Gasteiger partial charge in [0.1, 0.15) is 18.3 Å². The first-order valence-electron chi connectivity index (χ1n) is 16.8. The summed E-state index contributed by atoms with van der Waals surface area (Å²) >= 11 is 0. The van der Waals surface area contributed by atoms with Crippen LogP contribution in [0.1, 0.15) is 119 Å². The summed E-state index contributed by atoms with van der Waals surface area (Å²) in [6.07, 6.45) is 5.38. The highest BCUT2D eigenvalue weighted by Gasteiger charge is 2.65. The van der Waals surface area contributed by atoms with Gasteiger partial charge >= 0.3 is 5.97 Å². The van der Waals surface area contributed by atoms with Crippen LogP contribution in [0.5, 0.6) is 0 Å². The van der Waals surface area contributed by atoms with Crippen molar-refractivity contribution in [2.24, 2.45) is 44.8 Å². The van der Waals surface area contributed by atoms with E-state index in [4.69, 9.17) is 9.47 Å². The van der Waals surface area contributed by atoms with Gasteiger partial charge in [0.15, 0.2) is 6.29 Å². The fraction of sp³-hybridized carbons (Fsp3) is 0.914. The third kappa shape index (κ3) is 4.34. The van der Waals surface area contributed by atoms with Gasteiger partial charge in [-0.15, -0.1) is 0 Å². The van der Waals surface area contributed by atoms with Gasteiger partial charge in [-0.3, -0.25) is 4.79 Å². The molecule has 12 atom stereocenters. The molecule has 4 fully saturated rings. The van der Waals surface area contributed by atoms with Crippen LogP contribution in [0.25, 0.3) is 0 Å². The van der Waals surface area contributed by atoms with Gasteiger partial charge in [0.2, 0.25) is 0 Å². The van der Waals surface area contributed by atoms with Gasteiger partial charge in [-0.05, 0) is 117 Å². The van der Waals surface area contributed by atoms with Gasteiger partial charge in [0, 0.05) is 0 Å². The summed E-state index contributed by atoms with van der Waals surface area (Å²) in [7, 11) is 0. The molecule has 7 heteroatoms. The van der Waals surface area contributed by atoms with E-state index in [-0.39, 0.29) is 33.7 Å². The van der Waals surface area contributed by atoms with Gasteiger partial charge in [0.05, 0.1) is 17.6 Å². The zero-order chi connectivity index (χ0) is 30.6. The minimum atomic E-state index is -1.29. The van der Waals surface area contributed by atoms with Crippen LogP contribution in [-0.4, -0.2) is 63.2 Å². The Bertz CT molecular complexity index is 1130. The number of carbonyl (C=O) groups is 1. The molecule has 1 aliphatic heterocycles. The smallest absolute Gasteiger partial charge is 0.310 e. The van der Waals surface area contributed by atoms with Crippen molar-refractivity contribution in [2.75, 3.05) is 0 Å². The zero-order valence-electron chi connectivity index (χ0n) is 27.0. The Hall–Kier alpha value is -0.990. The van der Waals surface area contributed by atoms with Crippen LogP contribution in [0.3, 0.4) is 0 Å². The lowest BCUT2D eigenvalue weighted by Crippen LogP contribution is -2.63. The molecule has 4 N–H and O–H groups in total. The standard InChI is InChI=1S/C35H56O7/c1-19-26(36)27(37)28(38)29(41-19)42-25-12-14-34(7)23(32(25,4)5)11-13-33(6)21-10-15-35(30(39)40)17-16-31(2,3)18-22(35)20(21)8-9-24(33)34/h19,22-29,36-38H,8-18H2,1-7H3,(H,39,40)/t19-,22?,23?,24?,25+,26-,27+,28-,29+,33+,34+,35-/m1/s1. The van der Waals surface area contributed by atoms with E-state index in [0.717, 1.165) is 70.6 Å². The first-order chi connectivity index (χ1) is 19.5. The maximum absolute atomic E-state index is 12.8. The van der Waals surface area contributed by atoms with Crippen LogP contribution < -0.4 is 0 Å². The SMILES string of the molecule is C[C@H]1O[C@@H](O[C@H]2CC[C@@]3(C)C(CC[C@@]4(C)C5=C(CCC34)C3CC(C)(C)CC[C@]3(C(=O)O)CC5)C2(C)C)[C@H](O)[C@@H](O)[C@@H]1O. The molecule has 5 aliphatic carbocycles. The Morgan fingerprint density at radius 1 is 0.833 bits per heavy atom. The Morgan fingerprint density at radius 2 is 1.55 bits per heavy atom. The molecule has 0 aromatic carbocycles. The molecule has 0 aromatic heterocycles. The minimum absolute atomic E-state index is 0.104. The Labute approximate surface area is 252 Å². The van der Waals surface area contributed by atoms with Crippen molar-refractivity contribution in [2.45, 2.75) is 156 Å². The normalized spacial score (nSPS) is 51.5. The quantitative estimate of drug-likeness (QED) is 0.242. The molecule has 6 aliphatic rings. The first kappa shape index (κ1) is 31.0. The molecule has 0 radical (unpaired) electrons.